The van der Waals surface area contributed by atoms with E-state index in [9.17, 15) is 9.59 Å². The zero-order chi connectivity index (χ0) is 13.9. The molecule has 1 heterocycles. The molecular formula is C10H17N5O3. The molecule has 1 fully saturated rings. The van der Waals surface area contributed by atoms with Crippen LogP contribution in [0.3, 0.4) is 0 Å². The van der Waals surface area contributed by atoms with Gasteiger partial charge in [-0.25, -0.2) is 4.79 Å². The molecule has 8 heteroatoms. The molecule has 0 spiro atoms. The maximum atomic E-state index is 11.9. The van der Waals surface area contributed by atoms with Crippen LogP contribution in [0.4, 0.5) is 4.79 Å². The summed E-state index contributed by atoms with van der Waals surface area (Å²) in [5.74, 6) is -0.628. The van der Waals surface area contributed by atoms with Gasteiger partial charge >= 0.3 is 6.09 Å². The van der Waals surface area contributed by atoms with Crippen molar-refractivity contribution in [2.45, 2.75) is 44.9 Å². The van der Waals surface area contributed by atoms with Gasteiger partial charge in [0.25, 0.3) is 0 Å². The van der Waals surface area contributed by atoms with Crippen molar-refractivity contribution in [3.05, 3.63) is 10.4 Å². The minimum Gasteiger partial charge on any atom is -0.444 e. The molecule has 1 rings (SSSR count). The molecule has 2 N–H and O–H groups in total. The number of carbonyl (C=O) groups excluding carboxylic acids is 2. The first-order valence-corrected chi connectivity index (χ1v) is 5.57. The number of hydrogen-bond donors (Lipinski definition) is 1. The third-order valence-electron chi connectivity index (χ3n) is 2.45. The lowest BCUT2D eigenvalue weighted by molar-refractivity contribution is -0.122. The van der Waals surface area contributed by atoms with Crippen LogP contribution in [0.2, 0.25) is 0 Å². The number of amides is 2. The molecule has 18 heavy (non-hydrogen) atoms. The van der Waals surface area contributed by atoms with E-state index < -0.39 is 29.7 Å². The first-order valence-electron chi connectivity index (χ1n) is 5.57. The van der Waals surface area contributed by atoms with Crippen LogP contribution >= 0.6 is 0 Å². The lowest BCUT2D eigenvalue weighted by Gasteiger charge is -2.27. The van der Waals surface area contributed by atoms with E-state index in [1.54, 1.807) is 20.8 Å². The highest BCUT2D eigenvalue weighted by molar-refractivity contribution is 5.85. The first kappa shape index (κ1) is 14.1. The Morgan fingerprint density at radius 3 is 2.56 bits per heavy atom. The minimum atomic E-state index is -0.782. The molecule has 0 aromatic rings. The highest BCUT2D eigenvalue weighted by atomic mass is 16.6. The number of carbonyl (C=O) groups is 2. The van der Waals surface area contributed by atoms with Gasteiger partial charge in [-0.2, -0.15) is 0 Å². The summed E-state index contributed by atoms with van der Waals surface area (Å²) in [6.45, 7) is 5.33. The molecule has 0 bridgehead atoms. The second-order valence-corrected chi connectivity index (χ2v) is 5.15. The van der Waals surface area contributed by atoms with E-state index in [1.165, 1.54) is 4.90 Å². The smallest absolute Gasteiger partial charge is 0.410 e. The Hall–Kier alpha value is -1.95. The van der Waals surface area contributed by atoms with Gasteiger partial charge in [0, 0.05) is 11.5 Å². The molecule has 8 nitrogen and oxygen atoms in total. The number of rotatable bonds is 2. The normalized spacial score (nSPS) is 23.4. The minimum absolute atomic E-state index is 0.145. The summed E-state index contributed by atoms with van der Waals surface area (Å²) >= 11 is 0. The summed E-state index contributed by atoms with van der Waals surface area (Å²) in [6.07, 6.45) is -0.388. The zero-order valence-electron chi connectivity index (χ0n) is 10.7. The van der Waals surface area contributed by atoms with Gasteiger partial charge in [-0.15, -0.1) is 0 Å². The molecular weight excluding hydrogens is 238 g/mol. The molecule has 100 valence electrons. The van der Waals surface area contributed by atoms with Gasteiger partial charge in [0.05, 0.1) is 6.04 Å². The molecule has 0 aliphatic carbocycles. The SMILES string of the molecule is CC(C)(C)OC(=O)N1C[C@@H](N=[N+]=[N-])C[C@H]1C(N)=O. The van der Waals surface area contributed by atoms with Gasteiger partial charge in [0.1, 0.15) is 11.6 Å². The molecule has 0 aromatic heterocycles. The zero-order valence-corrected chi connectivity index (χ0v) is 10.7. The number of likely N-dealkylation sites (tertiary alicyclic amines) is 1. The Balaban J connectivity index is 2.81. The molecule has 2 amide bonds. The van der Waals surface area contributed by atoms with Gasteiger partial charge in [0.2, 0.25) is 5.91 Å². The predicted molar refractivity (Wildman–Crippen MR) is 63.5 cm³/mol. The predicted octanol–water partition coefficient (Wildman–Crippen LogP) is 1.16. The maximum absolute atomic E-state index is 11.9. The van der Waals surface area contributed by atoms with Crippen LogP contribution < -0.4 is 5.73 Å². The summed E-state index contributed by atoms with van der Waals surface area (Å²) < 4.78 is 5.17. The van der Waals surface area contributed by atoms with Crippen molar-refractivity contribution in [2.24, 2.45) is 10.8 Å². The van der Waals surface area contributed by atoms with Crippen molar-refractivity contribution in [1.82, 2.24) is 4.90 Å². The number of primary amides is 1. The number of nitrogens with two attached hydrogens (primary N) is 1. The fourth-order valence-electron chi connectivity index (χ4n) is 1.76. The Bertz CT molecular complexity index is 397. The van der Waals surface area contributed by atoms with E-state index in [2.05, 4.69) is 10.0 Å². The average Bonchev–Trinajstić information content (AvgIpc) is 2.59. The van der Waals surface area contributed by atoms with Crippen LogP contribution in [-0.4, -0.2) is 41.1 Å². The summed E-state index contributed by atoms with van der Waals surface area (Å²) in [5.41, 5.74) is 12.9. The van der Waals surface area contributed by atoms with Crippen LogP contribution in [0.1, 0.15) is 27.2 Å². The Morgan fingerprint density at radius 1 is 1.50 bits per heavy atom. The number of azide groups is 1. The van der Waals surface area contributed by atoms with Gasteiger partial charge in [-0.1, -0.05) is 5.11 Å². The van der Waals surface area contributed by atoms with Crippen LogP contribution in [0.5, 0.6) is 0 Å². The van der Waals surface area contributed by atoms with Crippen molar-refractivity contribution < 1.29 is 14.3 Å². The lowest BCUT2D eigenvalue weighted by atomic mass is 10.2. The molecule has 0 aromatic carbocycles. The molecule has 1 saturated heterocycles. The van der Waals surface area contributed by atoms with E-state index in [-0.39, 0.29) is 13.0 Å². The van der Waals surface area contributed by atoms with E-state index in [1.807, 2.05) is 0 Å². The molecule has 0 saturated carbocycles. The van der Waals surface area contributed by atoms with Gasteiger partial charge < -0.3 is 10.5 Å². The van der Waals surface area contributed by atoms with Crippen LogP contribution in [-0.2, 0) is 9.53 Å². The van der Waals surface area contributed by atoms with E-state index in [4.69, 9.17) is 16.0 Å². The van der Waals surface area contributed by atoms with Gasteiger partial charge in [-0.05, 0) is 32.7 Å². The van der Waals surface area contributed by atoms with E-state index >= 15 is 0 Å². The number of hydrogen-bond acceptors (Lipinski definition) is 4. The average molecular weight is 255 g/mol. The molecule has 0 radical (unpaired) electrons. The Morgan fingerprint density at radius 2 is 2.11 bits per heavy atom. The Kier molecular flexibility index (Phi) is 4.03. The monoisotopic (exact) mass is 255 g/mol. The fraction of sp³-hybridized carbons (Fsp3) is 0.800. The maximum Gasteiger partial charge on any atom is 0.410 e. The molecule has 0 unspecified atom stereocenters. The first-order chi connectivity index (χ1) is 8.24. The topological polar surface area (TPSA) is 121 Å². The second-order valence-electron chi connectivity index (χ2n) is 5.15. The summed E-state index contributed by atoms with van der Waals surface area (Å²) in [4.78, 5) is 27.0. The summed E-state index contributed by atoms with van der Waals surface area (Å²) in [5, 5.41) is 3.51. The highest BCUT2D eigenvalue weighted by Crippen LogP contribution is 2.23. The molecule has 1 aliphatic rings. The van der Waals surface area contributed by atoms with Gasteiger partial charge in [0.15, 0.2) is 0 Å². The quantitative estimate of drug-likeness (QED) is 0.452. The number of nitrogens with zero attached hydrogens (tertiary/aromatic N) is 4. The van der Waals surface area contributed by atoms with Crippen molar-refractivity contribution in [3.63, 3.8) is 0 Å². The third-order valence-corrected chi connectivity index (χ3v) is 2.45. The van der Waals surface area contributed by atoms with E-state index in [0.717, 1.165) is 0 Å². The van der Waals surface area contributed by atoms with Crippen molar-refractivity contribution in [2.75, 3.05) is 6.54 Å². The van der Waals surface area contributed by atoms with Crippen LogP contribution in [0.25, 0.3) is 10.4 Å². The van der Waals surface area contributed by atoms with Crippen molar-refractivity contribution >= 4 is 12.0 Å². The molecule has 2 atom stereocenters. The molecule has 1 aliphatic heterocycles. The lowest BCUT2D eigenvalue weighted by Crippen LogP contribution is -2.45. The largest absolute Gasteiger partial charge is 0.444 e. The summed E-state index contributed by atoms with van der Waals surface area (Å²) in [6, 6.07) is -1.23. The Labute approximate surface area is 105 Å². The van der Waals surface area contributed by atoms with E-state index in [0.29, 0.717) is 0 Å². The highest BCUT2D eigenvalue weighted by Gasteiger charge is 2.40. The van der Waals surface area contributed by atoms with Crippen molar-refractivity contribution in [3.8, 4) is 0 Å². The van der Waals surface area contributed by atoms with Gasteiger partial charge in [-0.3, -0.25) is 9.69 Å². The number of ether oxygens (including phenoxy) is 1. The summed E-state index contributed by atoms with van der Waals surface area (Å²) in [7, 11) is 0. The standard InChI is InChI=1S/C10H17N5O3/c1-10(2,3)18-9(17)15-5-6(13-14-12)4-7(15)8(11)16/h6-7H,4-5H2,1-3H3,(H2,11,16)/t6-,7-/m0/s1. The third kappa shape index (κ3) is 3.53. The van der Waals surface area contributed by atoms with Crippen LogP contribution in [0.15, 0.2) is 5.11 Å². The fourth-order valence-corrected chi connectivity index (χ4v) is 1.76. The van der Waals surface area contributed by atoms with Crippen LogP contribution in [0, 0.1) is 0 Å². The second kappa shape index (κ2) is 5.14. The van der Waals surface area contributed by atoms with Crippen molar-refractivity contribution in [1.29, 1.82) is 0 Å².